The van der Waals surface area contributed by atoms with E-state index in [0.29, 0.717) is 5.56 Å². The molecule has 122 valence electrons. The highest BCUT2D eigenvalue weighted by atomic mass is 31.2. The maximum atomic E-state index is 14.9. The molecule has 0 saturated carbocycles. The average molecular weight is 332 g/mol. The van der Waals surface area contributed by atoms with Gasteiger partial charge in [-0.3, -0.25) is 4.57 Å². The molecule has 0 aromatic heterocycles. The summed E-state index contributed by atoms with van der Waals surface area (Å²) in [5.41, 5.74) is 0.528. The molecule has 2 N–H and O–H groups in total. The molecule has 1 saturated heterocycles. The number of hydrogen-bond acceptors (Lipinski definition) is 3. The smallest absolute Gasteiger partial charge is 0.348 e. The van der Waals surface area contributed by atoms with Crippen molar-refractivity contribution in [2.45, 2.75) is 44.4 Å². The van der Waals surface area contributed by atoms with E-state index in [1.54, 1.807) is 44.2 Å². The van der Waals surface area contributed by atoms with Crippen LogP contribution in [-0.4, -0.2) is 34.3 Å². The van der Waals surface area contributed by atoms with Gasteiger partial charge in [-0.05, 0) is 25.5 Å². The summed E-state index contributed by atoms with van der Waals surface area (Å²) in [5, 5.41) is 0. The fraction of sp³-hybridized carbons (Fsp3) is 0.467. The largest absolute Gasteiger partial charge is 0.369 e. The number of alkyl halides is 1. The lowest BCUT2D eigenvalue weighted by molar-refractivity contribution is -0.0388. The third-order valence-corrected chi connectivity index (χ3v) is 3.52. The van der Waals surface area contributed by atoms with Crippen molar-refractivity contribution in [1.29, 1.82) is 0 Å². The zero-order valence-corrected chi connectivity index (χ0v) is 13.1. The average Bonchev–Trinajstić information content (AvgIpc) is 2.82. The fourth-order valence-corrected chi connectivity index (χ4v) is 2.57. The van der Waals surface area contributed by atoms with Gasteiger partial charge in [0.05, 0.1) is 8.85 Å². The van der Waals surface area contributed by atoms with E-state index in [-0.39, 0.29) is 6.10 Å². The van der Waals surface area contributed by atoms with Crippen molar-refractivity contribution in [1.82, 2.24) is 0 Å². The van der Waals surface area contributed by atoms with Gasteiger partial charge >= 0.3 is 7.60 Å². The maximum absolute atomic E-state index is 14.9. The molecule has 0 aliphatic carbocycles. The molecule has 0 amide bonds. The van der Waals surface area contributed by atoms with Gasteiger partial charge in [0, 0.05) is 5.79 Å². The molecule has 1 aromatic rings. The summed E-state index contributed by atoms with van der Waals surface area (Å²) < 4.78 is 52.5. The topological polar surface area (TPSA) is 76.0 Å². The minimum absolute atomic E-state index is 0.383. The van der Waals surface area contributed by atoms with Crippen molar-refractivity contribution in [2.24, 2.45) is 0 Å². The molecule has 2 rings (SSSR count). The second-order valence-electron chi connectivity index (χ2n) is 5.28. The van der Waals surface area contributed by atoms with Gasteiger partial charge < -0.3 is 19.3 Å². The van der Waals surface area contributed by atoms with Crippen molar-refractivity contribution < 1.29 is 31.0 Å². The molecule has 1 fully saturated rings. The van der Waals surface area contributed by atoms with Gasteiger partial charge in [0.2, 0.25) is 0 Å². The minimum atomic E-state index is -4.94. The van der Waals surface area contributed by atoms with Gasteiger partial charge in [-0.2, -0.15) is 0 Å². The minimum Gasteiger partial charge on any atom is -0.369 e. The molecule has 1 heterocycles. The summed E-state index contributed by atoms with van der Waals surface area (Å²) in [6.45, 7) is 3.36. The van der Waals surface area contributed by atoms with E-state index < -0.39 is 43.9 Å². The number of rotatable bonds is 5. The van der Waals surface area contributed by atoms with Crippen LogP contribution in [-0.2, 0) is 14.0 Å². The van der Waals surface area contributed by atoms with Crippen LogP contribution in [0.4, 0.5) is 4.39 Å². The number of benzene rings is 1. The lowest BCUT2D eigenvalue weighted by Crippen LogP contribution is -2.32. The normalized spacial score (nSPS) is 31.7. The molecule has 1 aliphatic heterocycles. The monoisotopic (exact) mass is 332 g/mol. The van der Waals surface area contributed by atoms with Crippen LogP contribution in [0.1, 0.15) is 28.3 Å². The van der Waals surface area contributed by atoms with Crippen LogP contribution in [0, 0.1) is 0 Å². The molecule has 0 radical (unpaired) electrons. The summed E-state index contributed by atoms with van der Waals surface area (Å²) >= 11 is 0. The Kier molecular flexibility index (Phi) is 4.64. The molecule has 1 aromatic carbocycles. The Hall–Kier alpha value is -1.04. The molecule has 22 heavy (non-hydrogen) atoms. The van der Waals surface area contributed by atoms with Crippen LogP contribution in [0.2, 0.25) is 0 Å². The third kappa shape index (κ3) is 4.48. The van der Waals surface area contributed by atoms with Gasteiger partial charge in [0.1, 0.15) is 18.3 Å². The van der Waals surface area contributed by atoms with Crippen molar-refractivity contribution in [3.8, 4) is 0 Å². The van der Waals surface area contributed by atoms with Crippen molar-refractivity contribution in [3.05, 3.63) is 47.7 Å². The summed E-state index contributed by atoms with van der Waals surface area (Å²) in [5.74, 6) is -1.19. The van der Waals surface area contributed by atoms with E-state index in [9.17, 15) is 8.96 Å². The summed E-state index contributed by atoms with van der Waals surface area (Å²) in [7, 11) is -4.94. The van der Waals surface area contributed by atoms with Crippen LogP contribution < -0.4 is 0 Å². The second-order valence-corrected chi connectivity index (χ2v) is 6.59. The van der Waals surface area contributed by atoms with Crippen LogP contribution in [0.3, 0.4) is 0 Å². The molecule has 1 aliphatic rings. The number of halogens is 1. The van der Waals surface area contributed by atoms with Gasteiger partial charge in [0.25, 0.3) is 0 Å². The first kappa shape index (κ1) is 14.5. The standard InChI is InChI=1S/C15H20FO5P/c1-10(2)20-15-12(8-9-22(17,18)19)21-14(13(15)16)11-6-4-3-5-7-11/h3-10,12-15H,1-2H3,(H2,17,18,19)/b9-8+/t12-,13+,14+,15-/m1/s1/i8D,9D. The van der Waals surface area contributed by atoms with E-state index in [1.807, 2.05) is 0 Å². The molecular weight excluding hydrogens is 310 g/mol. The zero-order chi connectivity index (χ0) is 18.1. The fourth-order valence-electron chi connectivity index (χ4n) is 2.28. The van der Waals surface area contributed by atoms with Gasteiger partial charge in [0.15, 0.2) is 6.17 Å². The molecule has 5 nitrogen and oxygen atoms in total. The van der Waals surface area contributed by atoms with Crippen LogP contribution >= 0.6 is 7.60 Å². The summed E-state index contributed by atoms with van der Waals surface area (Å²) in [6.07, 6.45) is -5.65. The molecule has 0 unspecified atom stereocenters. The van der Waals surface area contributed by atoms with E-state index >= 15 is 0 Å². The van der Waals surface area contributed by atoms with Gasteiger partial charge in [-0.25, -0.2) is 4.39 Å². The van der Waals surface area contributed by atoms with Crippen LogP contribution in [0.5, 0.6) is 0 Å². The molecule has 0 spiro atoms. The van der Waals surface area contributed by atoms with E-state index in [2.05, 4.69) is 0 Å². The first-order valence-corrected chi connectivity index (χ1v) is 8.47. The summed E-state index contributed by atoms with van der Waals surface area (Å²) in [6, 6.07) is 7.72. The number of hydrogen-bond donors (Lipinski definition) is 2. The maximum Gasteiger partial charge on any atom is 0.348 e. The van der Waals surface area contributed by atoms with E-state index in [1.165, 1.54) is 0 Å². The Morgan fingerprint density at radius 3 is 2.59 bits per heavy atom. The van der Waals surface area contributed by atoms with Crippen LogP contribution in [0.25, 0.3) is 0 Å². The van der Waals surface area contributed by atoms with Crippen molar-refractivity contribution >= 4 is 7.60 Å². The predicted octanol–water partition coefficient (Wildman–Crippen LogP) is 2.95. The Morgan fingerprint density at radius 1 is 1.41 bits per heavy atom. The van der Waals surface area contributed by atoms with Gasteiger partial charge in [-0.15, -0.1) is 0 Å². The molecule has 7 heteroatoms. The predicted molar refractivity (Wildman–Crippen MR) is 80.1 cm³/mol. The highest BCUT2D eigenvalue weighted by Gasteiger charge is 2.46. The number of ether oxygens (including phenoxy) is 2. The van der Waals surface area contributed by atoms with E-state index in [0.717, 1.165) is 0 Å². The Balaban J connectivity index is 2.40. The van der Waals surface area contributed by atoms with Crippen molar-refractivity contribution in [3.63, 3.8) is 0 Å². The Bertz CT molecular complexity index is 649. The second kappa shape index (κ2) is 7.02. The first-order chi connectivity index (χ1) is 11.1. The Labute approximate surface area is 131 Å². The zero-order valence-electron chi connectivity index (χ0n) is 14.2. The highest BCUT2D eigenvalue weighted by Crippen LogP contribution is 2.41. The molecular formula is C15H20FO5P. The van der Waals surface area contributed by atoms with Crippen molar-refractivity contribution in [2.75, 3.05) is 0 Å². The SMILES string of the molecule is [2H]/C(=C(/[2H])P(=O)(O)O)[C@H]1O[C@@H](c2ccccc2)[C@H](F)[C@@H]1OC(C)C. The lowest BCUT2D eigenvalue weighted by atomic mass is 10.0. The molecule has 4 atom stereocenters. The van der Waals surface area contributed by atoms with Crippen LogP contribution in [0.15, 0.2) is 42.2 Å². The quantitative estimate of drug-likeness (QED) is 0.811. The molecule has 0 bridgehead atoms. The van der Waals surface area contributed by atoms with Gasteiger partial charge in [-0.1, -0.05) is 30.3 Å². The first-order valence-electron chi connectivity index (χ1n) is 7.86. The third-order valence-electron chi connectivity index (χ3n) is 3.10. The highest BCUT2D eigenvalue weighted by molar-refractivity contribution is 7.55. The lowest BCUT2D eigenvalue weighted by Gasteiger charge is -2.20. The summed E-state index contributed by atoms with van der Waals surface area (Å²) in [4.78, 5) is 18.2. The Morgan fingerprint density at radius 2 is 2.05 bits per heavy atom. The van der Waals surface area contributed by atoms with E-state index in [4.69, 9.17) is 22.0 Å².